The van der Waals surface area contributed by atoms with Crippen LogP contribution in [0.5, 0.6) is 0 Å². The SMILES string of the molecule is c1ccc(-c2nc(-c3cccc4ccccc34)nc(-n3c4ccccc4c4cc5c(cc43)Cc3ccccc3C53c4ccccc4N(c4cccc5ccccc45)c4ccccc43)n2)cc1. The van der Waals surface area contributed by atoms with E-state index in [0.717, 1.165) is 50.1 Å². The normalized spacial score (nSPS) is 13.5. The fraction of sp³-hybridized carbons (Fsp3) is 0.0328. The molecule has 0 saturated heterocycles. The Hall–Kier alpha value is -8.67. The second-order valence-corrected chi connectivity index (χ2v) is 17.5. The molecule has 5 heteroatoms. The van der Waals surface area contributed by atoms with Crippen molar-refractivity contribution in [2.45, 2.75) is 11.8 Å². The van der Waals surface area contributed by atoms with E-state index in [2.05, 4.69) is 216 Å². The largest absolute Gasteiger partial charge is 0.309 e. The average molecular weight is 842 g/mol. The number of para-hydroxylation sites is 3. The molecule has 308 valence electrons. The number of benzene rings is 10. The summed E-state index contributed by atoms with van der Waals surface area (Å²) in [5.41, 5.74) is 14.7. The van der Waals surface area contributed by atoms with E-state index in [9.17, 15) is 0 Å². The Kier molecular flexibility index (Phi) is 7.89. The van der Waals surface area contributed by atoms with Gasteiger partial charge in [-0.15, -0.1) is 0 Å². The van der Waals surface area contributed by atoms with Crippen LogP contribution in [0.2, 0.25) is 0 Å². The van der Waals surface area contributed by atoms with Crippen LogP contribution in [0.15, 0.2) is 224 Å². The molecule has 0 N–H and O–H groups in total. The number of rotatable bonds is 4. The first-order valence-corrected chi connectivity index (χ1v) is 22.7. The minimum absolute atomic E-state index is 0.586. The quantitative estimate of drug-likeness (QED) is 0.177. The molecule has 0 atom stereocenters. The third kappa shape index (κ3) is 5.19. The molecule has 2 aromatic heterocycles. The van der Waals surface area contributed by atoms with Gasteiger partial charge in [-0.2, -0.15) is 9.97 Å². The average Bonchev–Trinajstić information content (AvgIpc) is 3.71. The number of hydrogen-bond acceptors (Lipinski definition) is 4. The lowest BCUT2D eigenvalue weighted by Gasteiger charge is -2.49. The highest BCUT2D eigenvalue weighted by atomic mass is 15.2. The van der Waals surface area contributed by atoms with Crippen LogP contribution in [-0.2, 0) is 11.8 Å². The van der Waals surface area contributed by atoms with Gasteiger partial charge in [0.25, 0.3) is 0 Å². The summed E-state index contributed by atoms with van der Waals surface area (Å²) in [5, 5.41) is 6.98. The molecule has 2 aliphatic rings. The zero-order chi connectivity index (χ0) is 43.3. The lowest BCUT2D eigenvalue weighted by Crippen LogP contribution is -2.41. The highest BCUT2D eigenvalue weighted by Crippen LogP contribution is 2.61. The number of fused-ring (bicyclic) bond motifs is 13. The van der Waals surface area contributed by atoms with Crippen molar-refractivity contribution in [1.29, 1.82) is 0 Å². The molecule has 1 spiro atoms. The van der Waals surface area contributed by atoms with Crippen molar-refractivity contribution in [3.05, 3.63) is 258 Å². The highest BCUT2D eigenvalue weighted by Gasteiger charge is 2.50. The van der Waals surface area contributed by atoms with Gasteiger partial charge in [0.05, 0.1) is 33.5 Å². The third-order valence-corrected chi connectivity index (χ3v) is 14.1. The Morgan fingerprint density at radius 1 is 0.364 bits per heavy atom. The van der Waals surface area contributed by atoms with Gasteiger partial charge in [-0.3, -0.25) is 4.57 Å². The minimum Gasteiger partial charge on any atom is -0.309 e. The molecule has 5 nitrogen and oxygen atoms in total. The van der Waals surface area contributed by atoms with E-state index < -0.39 is 5.41 Å². The lowest BCUT2D eigenvalue weighted by molar-refractivity contribution is 0.694. The maximum absolute atomic E-state index is 5.41. The van der Waals surface area contributed by atoms with Crippen LogP contribution < -0.4 is 4.90 Å². The van der Waals surface area contributed by atoms with Gasteiger partial charge in [-0.25, -0.2) is 4.98 Å². The standard InChI is InChI=1S/C61H39N5/c1-2-20-41(21-3-1)58-62-59(47-28-16-23-39-18-4-7-25-44(39)47)64-60(63-58)66-54-32-13-9-27-46(54)48-38-52-43(37-57(48)66)36-42-22-6-10-29-49(42)61(52)50-30-11-14-33-55(50)65(56-34-15-12-31-51(56)61)53-35-17-24-40-19-5-8-26-45(40)53/h1-35,37-38H,36H2. The number of hydrogen-bond donors (Lipinski definition) is 0. The van der Waals surface area contributed by atoms with E-state index in [0.29, 0.717) is 17.6 Å². The Morgan fingerprint density at radius 3 is 1.73 bits per heavy atom. The molecule has 1 aliphatic carbocycles. The predicted molar refractivity (Wildman–Crippen MR) is 269 cm³/mol. The summed E-state index contributed by atoms with van der Waals surface area (Å²) in [4.78, 5) is 18.4. The van der Waals surface area contributed by atoms with Crippen molar-refractivity contribution in [3.8, 4) is 28.7 Å². The van der Waals surface area contributed by atoms with E-state index >= 15 is 0 Å². The summed E-state index contributed by atoms with van der Waals surface area (Å²) in [7, 11) is 0. The van der Waals surface area contributed by atoms with Crippen LogP contribution in [0, 0.1) is 0 Å². The zero-order valence-electron chi connectivity index (χ0n) is 35.8. The fourth-order valence-corrected chi connectivity index (χ4v) is 11.4. The maximum atomic E-state index is 5.41. The van der Waals surface area contributed by atoms with Crippen LogP contribution in [0.1, 0.15) is 33.4 Å². The first kappa shape index (κ1) is 36.8. The van der Waals surface area contributed by atoms with Crippen LogP contribution in [0.3, 0.4) is 0 Å². The van der Waals surface area contributed by atoms with Crippen LogP contribution in [0.25, 0.3) is 72.1 Å². The molecule has 10 aromatic carbocycles. The number of aromatic nitrogens is 4. The second-order valence-electron chi connectivity index (χ2n) is 17.5. The minimum atomic E-state index is -0.620. The molecule has 3 heterocycles. The topological polar surface area (TPSA) is 46.8 Å². The molecule has 12 aromatic rings. The maximum Gasteiger partial charge on any atom is 0.238 e. The summed E-state index contributed by atoms with van der Waals surface area (Å²) in [6, 6.07) is 81.4. The summed E-state index contributed by atoms with van der Waals surface area (Å²) in [6.07, 6.45) is 0.788. The molecule has 14 rings (SSSR count). The van der Waals surface area contributed by atoms with Gasteiger partial charge >= 0.3 is 0 Å². The van der Waals surface area contributed by atoms with Gasteiger partial charge in [-0.05, 0) is 92.4 Å². The van der Waals surface area contributed by atoms with Crippen LogP contribution in [0.4, 0.5) is 17.1 Å². The van der Waals surface area contributed by atoms with E-state index in [1.807, 2.05) is 18.2 Å². The predicted octanol–water partition coefficient (Wildman–Crippen LogP) is 14.7. The smallest absolute Gasteiger partial charge is 0.238 e. The number of anilines is 3. The summed E-state index contributed by atoms with van der Waals surface area (Å²) in [6.45, 7) is 0. The number of nitrogens with zero attached hydrogens (tertiary/aromatic N) is 5. The summed E-state index contributed by atoms with van der Waals surface area (Å²) < 4.78 is 2.27. The van der Waals surface area contributed by atoms with Crippen molar-refractivity contribution in [2.24, 2.45) is 0 Å². The molecular formula is C61H39N5. The molecule has 0 bridgehead atoms. The molecule has 1 aliphatic heterocycles. The van der Waals surface area contributed by atoms with Gasteiger partial charge in [0, 0.05) is 27.3 Å². The van der Waals surface area contributed by atoms with E-state index in [1.165, 1.54) is 61.2 Å². The molecule has 0 unspecified atom stereocenters. The van der Waals surface area contributed by atoms with E-state index in [-0.39, 0.29) is 0 Å². The van der Waals surface area contributed by atoms with Crippen molar-refractivity contribution < 1.29 is 0 Å². The first-order valence-electron chi connectivity index (χ1n) is 22.7. The van der Waals surface area contributed by atoms with Crippen molar-refractivity contribution in [1.82, 2.24) is 19.5 Å². The Morgan fingerprint density at radius 2 is 0.939 bits per heavy atom. The summed E-state index contributed by atoms with van der Waals surface area (Å²) in [5.74, 6) is 1.85. The Balaban J connectivity index is 1.07. The molecule has 0 saturated carbocycles. The lowest BCUT2D eigenvalue weighted by atomic mass is 9.57. The van der Waals surface area contributed by atoms with Crippen molar-refractivity contribution >= 4 is 60.4 Å². The van der Waals surface area contributed by atoms with Gasteiger partial charge in [0.1, 0.15) is 0 Å². The zero-order valence-corrected chi connectivity index (χ0v) is 35.8. The second kappa shape index (κ2) is 14.2. The van der Waals surface area contributed by atoms with Crippen LogP contribution in [-0.4, -0.2) is 19.5 Å². The van der Waals surface area contributed by atoms with Gasteiger partial charge < -0.3 is 4.90 Å². The Bertz CT molecular complexity index is 3880. The monoisotopic (exact) mass is 841 g/mol. The fourth-order valence-electron chi connectivity index (χ4n) is 11.4. The van der Waals surface area contributed by atoms with Crippen molar-refractivity contribution in [3.63, 3.8) is 0 Å². The third-order valence-electron chi connectivity index (χ3n) is 14.1. The van der Waals surface area contributed by atoms with Gasteiger partial charge in [0.15, 0.2) is 11.6 Å². The molecule has 0 amide bonds. The molecular weight excluding hydrogens is 803 g/mol. The van der Waals surface area contributed by atoms with Crippen molar-refractivity contribution in [2.75, 3.05) is 4.90 Å². The van der Waals surface area contributed by atoms with E-state index in [4.69, 9.17) is 15.0 Å². The van der Waals surface area contributed by atoms with Gasteiger partial charge in [0.2, 0.25) is 5.95 Å². The first-order chi connectivity index (χ1) is 32.7. The highest BCUT2D eigenvalue weighted by molar-refractivity contribution is 6.10. The molecule has 0 radical (unpaired) electrons. The molecule has 66 heavy (non-hydrogen) atoms. The van der Waals surface area contributed by atoms with Crippen LogP contribution >= 0.6 is 0 Å². The Labute approximate surface area is 381 Å². The summed E-state index contributed by atoms with van der Waals surface area (Å²) >= 11 is 0. The van der Waals surface area contributed by atoms with Gasteiger partial charge in [-0.1, -0.05) is 188 Å². The van der Waals surface area contributed by atoms with E-state index in [1.54, 1.807) is 0 Å². The molecule has 0 fully saturated rings.